The van der Waals surface area contributed by atoms with Crippen LogP contribution in [-0.2, 0) is 9.53 Å². The smallest absolute Gasteiger partial charge is 0.181 e. The Morgan fingerprint density at radius 1 is 1.38 bits per heavy atom. The second kappa shape index (κ2) is 5.28. The first kappa shape index (κ1) is 13.7. The predicted octanol–water partition coefficient (Wildman–Crippen LogP) is 2.85. The summed E-state index contributed by atoms with van der Waals surface area (Å²) in [5.41, 5.74) is 1.94. The van der Waals surface area contributed by atoms with E-state index in [4.69, 9.17) is 9.47 Å². The topological polar surface area (TPSA) is 55.8 Å². The van der Waals surface area contributed by atoms with Crippen LogP contribution in [-0.4, -0.2) is 24.6 Å². The van der Waals surface area contributed by atoms with E-state index in [1.807, 2.05) is 19.1 Å². The number of fused-ring (bicyclic) bond motifs is 1. The minimum atomic E-state index is -0.0161. The lowest BCUT2D eigenvalue weighted by Crippen LogP contribution is -2.24. The summed E-state index contributed by atoms with van der Waals surface area (Å²) in [5.74, 6) is 1.75. The Bertz CT molecular complexity index is 619. The first-order valence-electron chi connectivity index (χ1n) is 7.02. The molecule has 1 fully saturated rings. The van der Waals surface area contributed by atoms with Gasteiger partial charge in [-0.25, -0.2) is 0 Å². The van der Waals surface area contributed by atoms with Crippen LogP contribution in [0.15, 0.2) is 36.1 Å². The van der Waals surface area contributed by atoms with Crippen molar-refractivity contribution in [3.63, 3.8) is 0 Å². The lowest BCUT2D eigenvalue weighted by atomic mass is 9.83. The summed E-state index contributed by atoms with van der Waals surface area (Å²) in [6.45, 7) is 2.44. The Labute approximate surface area is 123 Å². The number of ether oxygens (including phenoxy) is 2. The first-order valence-corrected chi connectivity index (χ1v) is 7.02. The van der Waals surface area contributed by atoms with Gasteiger partial charge in [-0.2, -0.15) is 0 Å². The van der Waals surface area contributed by atoms with E-state index in [-0.39, 0.29) is 23.4 Å². The number of carbonyl (C=O) groups excluding carboxylic acids is 1. The number of aromatic hydroxyl groups is 1. The van der Waals surface area contributed by atoms with Crippen molar-refractivity contribution in [1.29, 1.82) is 0 Å². The molecule has 4 nitrogen and oxygen atoms in total. The lowest BCUT2D eigenvalue weighted by Gasteiger charge is -2.32. The van der Waals surface area contributed by atoms with Crippen LogP contribution in [0.5, 0.6) is 11.5 Å². The van der Waals surface area contributed by atoms with Crippen molar-refractivity contribution in [2.24, 2.45) is 5.92 Å². The molecule has 0 aromatic heterocycles. The minimum Gasteiger partial charge on any atom is -0.504 e. The monoisotopic (exact) mass is 286 g/mol. The van der Waals surface area contributed by atoms with Crippen molar-refractivity contribution in [2.45, 2.75) is 19.3 Å². The number of phenolic OH excluding ortho intramolecular Hbond substituents is 1. The number of ketones is 1. The molecule has 110 valence electrons. The van der Waals surface area contributed by atoms with E-state index in [2.05, 4.69) is 0 Å². The highest BCUT2D eigenvalue weighted by Gasteiger charge is 2.29. The summed E-state index contributed by atoms with van der Waals surface area (Å²) in [6.07, 6.45) is 5.94. The third kappa shape index (κ3) is 2.53. The maximum atomic E-state index is 11.3. The largest absolute Gasteiger partial charge is 0.504 e. The molecular weight excluding hydrogens is 268 g/mol. The fraction of sp³-hybridized carbons (Fsp3) is 0.353. The molecule has 3 rings (SSSR count). The number of hydrogen-bond donors (Lipinski definition) is 1. The van der Waals surface area contributed by atoms with Crippen LogP contribution in [0.4, 0.5) is 0 Å². The van der Waals surface area contributed by atoms with Crippen LogP contribution in [0.1, 0.15) is 23.5 Å². The molecule has 0 saturated carbocycles. The van der Waals surface area contributed by atoms with E-state index >= 15 is 0 Å². The summed E-state index contributed by atoms with van der Waals surface area (Å²) in [7, 11) is 1.55. The Morgan fingerprint density at radius 2 is 2.19 bits per heavy atom. The van der Waals surface area contributed by atoms with Crippen LogP contribution in [0.2, 0.25) is 0 Å². The molecule has 1 aliphatic heterocycles. The number of rotatable bonds is 2. The van der Waals surface area contributed by atoms with Crippen molar-refractivity contribution >= 4 is 5.78 Å². The van der Waals surface area contributed by atoms with Gasteiger partial charge in [-0.3, -0.25) is 4.79 Å². The van der Waals surface area contributed by atoms with Gasteiger partial charge in [0, 0.05) is 17.9 Å². The summed E-state index contributed by atoms with van der Waals surface area (Å²) >= 11 is 0. The zero-order chi connectivity index (χ0) is 15.0. The van der Waals surface area contributed by atoms with Gasteiger partial charge in [-0.05, 0) is 36.6 Å². The molecular formula is C17H18O4. The van der Waals surface area contributed by atoms with Crippen LogP contribution in [0, 0.1) is 12.8 Å². The van der Waals surface area contributed by atoms with Gasteiger partial charge in [0.05, 0.1) is 13.7 Å². The fourth-order valence-electron chi connectivity index (χ4n) is 3.03. The normalized spacial score (nSPS) is 24.1. The van der Waals surface area contributed by atoms with E-state index in [1.54, 1.807) is 25.3 Å². The number of phenols is 1. The predicted molar refractivity (Wildman–Crippen MR) is 78.4 cm³/mol. The molecule has 1 saturated heterocycles. The summed E-state index contributed by atoms with van der Waals surface area (Å²) in [4.78, 5) is 11.3. The number of carbonyl (C=O) groups is 1. The van der Waals surface area contributed by atoms with Crippen molar-refractivity contribution in [1.82, 2.24) is 0 Å². The van der Waals surface area contributed by atoms with Crippen LogP contribution in [0.25, 0.3) is 0 Å². The number of aryl methyl sites for hydroxylation is 1. The standard InChI is InChI=1S/C17H18O4/c1-10-5-12(7-15(19)17(10)20-2)13-6-11-3-4-14(18)8-16(11)21-9-13/h3-5,7-8,11,13,19H,6,9H2,1-2H3. The number of benzene rings is 1. The molecule has 21 heavy (non-hydrogen) atoms. The van der Waals surface area contributed by atoms with Crippen molar-refractivity contribution in [2.75, 3.05) is 13.7 Å². The number of hydrogen-bond acceptors (Lipinski definition) is 4. The zero-order valence-electron chi connectivity index (χ0n) is 12.1. The SMILES string of the molecule is COc1c(C)cc(C2COC3=CC(=O)C=CC3C2)cc1O. The zero-order valence-corrected chi connectivity index (χ0v) is 12.1. The van der Waals surface area contributed by atoms with Gasteiger partial charge in [0.25, 0.3) is 0 Å². The van der Waals surface area contributed by atoms with Gasteiger partial charge < -0.3 is 14.6 Å². The molecule has 1 aliphatic carbocycles. The van der Waals surface area contributed by atoms with Crippen molar-refractivity contribution in [3.8, 4) is 11.5 Å². The van der Waals surface area contributed by atoms with E-state index in [9.17, 15) is 9.90 Å². The Hall–Kier alpha value is -2.23. The third-order valence-electron chi connectivity index (χ3n) is 4.09. The first-order chi connectivity index (χ1) is 10.1. The molecule has 0 radical (unpaired) electrons. The second-order valence-electron chi connectivity index (χ2n) is 5.55. The van der Waals surface area contributed by atoms with Crippen LogP contribution in [0.3, 0.4) is 0 Å². The molecule has 4 heteroatoms. The van der Waals surface area contributed by atoms with E-state index in [1.165, 1.54) is 0 Å². The molecule has 0 spiro atoms. The van der Waals surface area contributed by atoms with E-state index < -0.39 is 0 Å². The Kier molecular flexibility index (Phi) is 3.45. The maximum Gasteiger partial charge on any atom is 0.181 e. The van der Waals surface area contributed by atoms with Crippen molar-refractivity contribution in [3.05, 3.63) is 47.2 Å². The van der Waals surface area contributed by atoms with Crippen molar-refractivity contribution < 1.29 is 19.4 Å². The molecule has 1 aromatic rings. The number of allylic oxidation sites excluding steroid dienone is 3. The third-order valence-corrected chi connectivity index (χ3v) is 4.09. The molecule has 2 unspecified atom stereocenters. The molecule has 2 aliphatic rings. The summed E-state index contributed by atoms with van der Waals surface area (Å²) in [5, 5.41) is 10.0. The maximum absolute atomic E-state index is 11.3. The van der Waals surface area contributed by atoms with Crippen LogP contribution >= 0.6 is 0 Å². The van der Waals surface area contributed by atoms with Gasteiger partial charge in [0.1, 0.15) is 5.76 Å². The van der Waals surface area contributed by atoms with E-state index in [0.717, 1.165) is 23.3 Å². The molecule has 1 heterocycles. The van der Waals surface area contributed by atoms with Gasteiger partial charge in [-0.1, -0.05) is 12.1 Å². The average molecular weight is 286 g/mol. The minimum absolute atomic E-state index is 0.0161. The fourth-order valence-corrected chi connectivity index (χ4v) is 3.03. The molecule has 1 aromatic carbocycles. The summed E-state index contributed by atoms with van der Waals surface area (Å²) in [6, 6.07) is 3.77. The number of methoxy groups -OCH3 is 1. The quantitative estimate of drug-likeness (QED) is 0.908. The molecule has 2 atom stereocenters. The highest BCUT2D eigenvalue weighted by Crippen LogP contribution is 2.40. The van der Waals surface area contributed by atoms with Gasteiger partial charge in [0.15, 0.2) is 17.3 Å². The average Bonchev–Trinajstić information content (AvgIpc) is 2.46. The van der Waals surface area contributed by atoms with E-state index in [0.29, 0.717) is 12.4 Å². The molecule has 0 amide bonds. The Balaban J connectivity index is 1.85. The molecule has 1 N–H and O–H groups in total. The highest BCUT2D eigenvalue weighted by atomic mass is 16.5. The Morgan fingerprint density at radius 3 is 2.90 bits per heavy atom. The van der Waals surface area contributed by atoms with Gasteiger partial charge in [-0.15, -0.1) is 0 Å². The second-order valence-corrected chi connectivity index (χ2v) is 5.55. The highest BCUT2D eigenvalue weighted by molar-refractivity contribution is 6.00. The molecule has 0 bridgehead atoms. The van der Waals surface area contributed by atoms with Crippen LogP contribution < -0.4 is 4.74 Å². The van der Waals surface area contributed by atoms with Gasteiger partial charge >= 0.3 is 0 Å². The summed E-state index contributed by atoms with van der Waals surface area (Å²) < 4.78 is 10.9. The lowest BCUT2D eigenvalue weighted by molar-refractivity contribution is -0.110. The van der Waals surface area contributed by atoms with Gasteiger partial charge in [0.2, 0.25) is 0 Å².